The van der Waals surface area contributed by atoms with E-state index < -0.39 is 0 Å². The molecule has 21 heavy (non-hydrogen) atoms. The van der Waals surface area contributed by atoms with Crippen LogP contribution in [0.1, 0.15) is 10.4 Å². The van der Waals surface area contributed by atoms with Crippen LogP contribution in [0.2, 0.25) is 0 Å². The summed E-state index contributed by atoms with van der Waals surface area (Å²) < 4.78 is 7.02. The predicted molar refractivity (Wildman–Crippen MR) is 93.2 cm³/mol. The van der Waals surface area contributed by atoms with Gasteiger partial charge in [-0.05, 0) is 62.2 Å². The second kappa shape index (κ2) is 7.12. The highest BCUT2D eigenvalue weighted by Crippen LogP contribution is 2.33. The molecule has 1 heterocycles. The van der Waals surface area contributed by atoms with E-state index in [-0.39, 0.29) is 12.5 Å². The van der Waals surface area contributed by atoms with Gasteiger partial charge in [0.15, 0.2) is 0 Å². The lowest BCUT2D eigenvalue weighted by atomic mass is 10.2. The first-order valence-corrected chi connectivity index (χ1v) is 8.32. The maximum absolute atomic E-state index is 12.5. The summed E-state index contributed by atoms with van der Waals surface area (Å²) in [5, 5.41) is 0. The summed E-state index contributed by atoms with van der Waals surface area (Å²) in [7, 11) is 1.73. The first kappa shape index (κ1) is 16.1. The standard InChI is InChI=1S/C15H11Br2NO2S/c1-3-8-20-11-6-4-10(5-7-11)18(2)15(19)12-9-13(16)21-14(12)17/h1,4-7,9H,8H2,2H3. The third-order valence-corrected chi connectivity index (χ3v) is 5.08. The quantitative estimate of drug-likeness (QED) is 0.668. The number of benzene rings is 1. The Bertz CT molecular complexity index is 689. The summed E-state index contributed by atoms with van der Waals surface area (Å²) >= 11 is 8.24. The van der Waals surface area contributed by atoms with Gasteiger partial charge in [0, 0.05) is 12.7 Å². The van der Waals surface area contributed by atoms with Gasteiger partial charge in [-0.3, -0.25) is 4.79 Å². The van der Waals surface area contributed by atoms with Crippen LogP contribution in [0.4, 0.5) is 5.69 Å². The van der Waals surface area contributed by atoms with Crippen LogP contribution in [0.25, 0.3) is 0 Å². The van der Waals surface area contributed by atoms with Gasteiger partial charge in [-0.1, -0.05) is 5.92 Å². The number of nitrogens with zero attached hydrogens (tertiary/aromatic N) is 1. The van der Waals surface area contributed by atoms with Gasteiger partial charge < -0.3 is 9.64 Å². The maximum Gasteiger partial charge on any atom is 0.260 e. The molecule has 1 aromatic heterocycles. The van der Waals surface area contributed by atoms with E-state index in [2.05, 4.69) is 37.8 Å². The fourth-order valence-corrected chi connectivity index (χ4v) is 4.45. The monoisotopic (exact) mass is 427 g/mol. The molecule has 0 saturated heterocycles. The van der Waals surface area contributed by atoms with Crippen molar-refractivity contribution < 1.29 is 9.53 Å². The van der Waals surface area contributed by atoms with Crippen LogP contribution in [0.3, 0.4) is 0 Å². The van der Waals surface area contributed by atoms with Gasteiger partial charge in [0.1, 0.15) is 12.4 Å². The highest BCUT2D eigenvalue weighted by Gasteiger charge is 2.18. The molecule has 108 valence electrons. The molecule has 0 bridgehead atoms. The minimum atomic E-state index is -0.0823. The van der Waals surface area contributed by atoms with Crippen molar-refractivity contribution in [2.45, 2.75) is 0 Å². The van der Waals surface area contributed by atoms with Crippen molar-refractivity contribution in [3.63, 3.8) is 0 Å². The van der Waals surface area contributed by atoms with E-state index in [4.69, 9.17) is 11.2 Å². The van der Waals surface area contributed by atoms with Crippen LogP contribution < -0.4 is 9.64 Å². The second-order valence-corrected chi connectivity index (χ2v) is 7.84. The first-order chi connectivity index (χ1) is 10.0. The van der Waals surface area contributed by atoms with Crippen molar-refractivity contribution >= 4 is 54.8 Å². The van der Waals surface area contributed by atoms with Gasteiger partial charge in [0.2, 0.25) is 0 Å². The molecule has 2 rings (SSSR count). The number of halogens is 2. The van der Waals surface area contributed by atoms with Crippen LogP contribution in [0.15, 0.2) is 37.9 Å². The number of terminal acetylenes is 1. The Morgan fingerprint density at radius 2 is 2.05 bits per heavy atom. The average Bonchev–Trinajstić information content (AvgIpc) is 2.83. The zero-order valence-corrected chi connectivity index (χ0v) is 15.1. The summed E-state index contributed by atoms with van der Waals surface area (Å²) in [5.41, 5.74) is 1.41. The minimum absolute atomic E-state index is 0.0823. The molecule has 0 aliphatic heterocycles. The largest absolute Gasteiger partial charge is 0.481 e. The SMILES string of the molecule is C#CCOc1ccc(N(C)C(=O)c2cc(Br)sc2Br)cc1. The lowest BCUT2D eigenvalue weighted by Gasteiger charge is -2.17. The number of anilines is 1. The molecule has 0 atom stereocenters. The van der Waals surface area contributed by atoms with E-state index in [1.807, 2.05) is 12.1 Å². The van der Waals surface area contributed by atoms with E-state index in [0.717, 1.165) is 13.3 Å². The normalized spacial score (nSPS) is 10.0. The van der Waals surface area contributed by atoms with E-state index in [0.29, 0.717) is 11.3 Å². The zero-order chi connectivity index (χ0) is 15.4. The van der Waals surface area contributed by atoms with E-state index in [9.17, 15) is 4.79 Å². The Kier molecular flexibility index (Phi) is 5.45. The van der Waals surface area contributed by atoms with Gasteiger partial charge in [0.05, 0.1) is 13.1 Å². The van der Waals surface area contributed by atoms with Crippen LogP contribution >= 0.6 is 43.2 Å². The van der Waals surface area contributed by atoms with Gasteiger partial charge >= 0.3 is 0 Å². The molecule has 0 saturated carbocycles. The summed E-state index contributed by atoms with van der Waals surface area (Å²) in [6.45, 7) is 0.226. The van der Waals surface area contributed by atoms with Gasteiger partial charge in [-0.25, -0.2) is 0 Å². The first-order valence-electron chi connectivity index (χ1n) is 5.92. The Hall–Kier alpha value is -1.29. The molecule has 6 heteroatoms. The molecule has 3 nitrogen and oxygen atoms in total. The molecular formula is C15H11Br2NO2S. The van der Waals surface area contributed by atoms with E-state index in [1.165, 1.54) is 11.3 Å². The third-order valence-electron chi connectivity index (χ3n) is 2.74. The summed E-state index contributed by atoms with van der Waals surface area (Å²) in [5.74, 6) is 3.00. The lowest BCUT2D eigenvalue weighted by Crippen LogP contribution is -2.25. The molecular weight excluding hydrogens is 418 g/mol. The second-order valence-electron chi connectivity index (χ2n) is 4.09. The topological polar surface area (TPSA) is 29.5 Å². The summed E-state index contributed by atoms with van der Waals surface area (Å²) in [6.07, 6.45) is 5.14. The summed E-state index contributed by atoms with van der Waals surface area (Å²) in [6, 6.07) is 9.01. The van der Waals surface area contributed by atoms with Crippen molar-refractivity contribution in [1.29, 1.82) is 0 Å². The fraction of sp³-hybridized carbons (Fsp3) is 0.133. The number of thiophene rings is 1. The van der Waals surface area contributed by atoms with Crippen molar-refractivity contribution in [2.75, 3.05) is 18.6 Å². The minimum Gasteiger partial charge on any atom is -0.481 e. The number of hydrogen-bond donors (Lipinski definition) is 0. The van der Waals surface area contributed by atoms with Crippen LogP contribution in [-0.2, 0) is 0 Å². The lowest BCUT2D eigenvalue weighted by molar-refractivity contribution is 0.0992. The zero-order valence-electron chi connectivity index (χ0n) is 11.1. The van der Waals surface area contributed by atoms with E-state index in [1.54, 1.807) is 30.1 Å². The highest BCUT2D eigenvalue weighted by atomic mass is 79.9. The number of carbonyl (C=O) groups excluding carboxylic acids is 1. The van der Waals surface area contributed by atoms with Crippen LogP contribution in [-0.4, -0.2) is 19.6 Å². The Morgan fingerprint density at radius 3 is 2.57 bits per heavy atom. The Balaban J connectivity index is 2.16. The summed E-state index contributed by atoms with van der Waals surface area (Å²) in [4.78, 5) is 14.0. The molecule has 2 aromatic rings. The van der Waals surface area contributed by atoms with Gasteiger partial charge in [-0.2, -0.15) is 0 Å². The van der Waals surface area contributed by atoms with Crippen molar-refractivity contribution in [1.82, 2.24) is 0 Å². The number of rotatable bonds is 4. The number of hydrogen-bond acceptors (Lipinski definition) is 3. The number of amides is 1. The average molecular weight is 429 g/mol. The smallest absolute Gasteiger partial charge is 0.260 e. The van der Waals surface area contributed by atoms with Gasteiger partial charge in [-0.15, -0.1) is 17.8 Å². The molecule has 1 aromatic carbocycles. The predicted octanol–water partition coefficient (Wildman–Crippen LogP) is 4.56. The van der Waals surface area contributed by atoms with Crippen molar-refractivity contribution in [3.8, 4) is 18.1 Å². The van der Waals surface area contributed by atoms with Crippen molar-refractivity contribution in [3.05, 3.63) is 43.5 Å². The van der Waals surface area contributed by atoms with Crippen molar-refractivity contribution in [2.24, 2.45) is 0 Å². The maximum atomic E-state index is 12.5. The molecule has 0 aliphatic carbocycles. The van der Waals surface area contributed by atoms with Gasteiger partial charge in [0.25, 0.3) is 5.91 Å². The molecule has 0 aliphatic rings. The molecule has 0 spiro atoms. The molecule has 1 amide bonds. The van der Waals surface area contributed by atoms with E-state index >= 15 is 0 Å². The highest BCUT2D eigenvalue weighted by molar-refractivity contribution is 9.12. The Morgan fingerprint density at radius 1 is 1.38 bits per heavy atom. The molecule has 0 radical (unpaired) electrons. The number of carbonyl (C=O) groups is 1. The Labute approximate surface area is 144 Å². The van der Waals surface area contributed by atoms with Crippen LogP contribution in [0.5, 0.6) is 5.75 Å². The molecule has 0 N–H and O–H groups in total. The molecule has 0 fully saturated rings. The third kappa shape index (κ3) is 3.88. The fourth-order valence-electron chi connectivity index (χ4n) is 1.67. The van der Waals surface area contributed by atoms with Crippen LogP contribution in [0, 0.1) is 12.3 Å². The number of ether oxygens (including phenoxy) is 1. The molecule has 0 unspecified atom stereocenters.